The molecule has 0 aliphatic rings. The number of hydrogen-bond acceptors (Lipinski definition) is 24. The van der Waals surface area contributed by atoms with Gasteiger partial charge in [-0.2, -0.15) is 0 Å². The van der Waals surface area contributed by atoms with Crippen molar-refractivity contribution in [1.82, 2.24) is 0 Å². The molecule has 56 heavy (non-hydrogen) atoms. The molecular weight excluding hydrogens is 1000 g/mol. The molecule has 0 unspecified atom stereocenters. The van der Waals surface area contributed by atoms with Gasteiger partial charge in [0.05, 0.1) is 0 Å². The van der Waals surface area contributed by atoms with Crippen molar-refractivity contribution in [3.05, 3.63) is 158 Å². The molecule has 0 bridgehead atoms. The maximum absolute atomic E-state index is 6.25. The van der Waals surface area contributed by atoms with Crippen molar-refractivity contribution in [2.45, 2.75) is 0 Å². The van der Waals surface area contributed by atoms with Gasteiger partial charge in [-0.25, -0.2) is 0 Å². The van der Waals surface area contributed by atoms with Gasteiger partial charge in [0, 0.05) is 0 Å². The van der Waals surface area contributed by atoms with E-state index >= 15 is 0 Å². The van der Waals surface area contributed by atoms with Gasteiger partial charge in [-0.05, 0) is 0 Å². The molecule has 260 valence electrons. The van der Waals surface area contributed by atoms with E-state index in [-0.39, 0.29) is 274 Å². The first kappa shape index (κ1) is 333. The minimum absolute atomic E-state index is 0. The summed E-state index contributed by atoms with van der Waals surface area (Å²) in [4.78, 5) is 0. The zero-order valence-corrected chi connectivity index (χ0v) is 45.1. The monoisotopic (exact) mass is 1000 g/mol. The first-order valence-electron chi connectivity index (χ1n) is 5.37. The van der Waals surface area contributed by atoms with Gasteiger partial charge in [-0.15, -0.1) is 0 Å². The van der Waals surface area contributed by atoms with E-state index in [2.05, 4.69) is 0 Å². The Labute approximate surface area is 546 Å². The summed E-state index contributed by atoms with van der Waals surface area (Å²) in [6.07, 6.45) is 0. The third kappa shape index (κ3) is 9390. The molecule has 0 aromatic rings. The summed E-state index contributed by atoms with van der Waals surface area (Å²) in [5.74, 6) is 0. The van der Waals surface area contributed by atoms with Gasteiger partial charge >= 0.3 is 274 Å². The standard InChI is InChI=1S/24CN.4Fe.4K/c24*1-2;;;;;;;;/q24*-1;4*+3;4*+1. The summed E-state index contributed by atoms with van der Waals surface area (Å²) >= 11 is 0. The summed E-state index contributed by atoms with van der Waals surface area (Å²) in [6.45, 7) is 114. The van der Waals surface area contributed by atoms with E-state index in [9.17, 15) is 0 Å². The van der Waals surface area contributed by atoms with Gasteiger partial charge in [0.15, 0.2) is 0 Å². The van der Waals surface area contributed by atoms with Crippen molar-refractivity contribution in [1.29, 1.82) is 126 Å². The van der Waals surface area contributed by atoms with Crippen LogP contribution in [-0.4, -0.2) is 0 Å². The van der Waals surface area contributed by atoms with E-state index in [1.54, 1.807) is 0 Å². The predicted molar refractivity (Wildman–Crippen MR) is 119 cm³/mol. The summed E-state index contributed by atoms with van der Waals surface area (Å²) < 4.78 is 0. The third-order valence-electron chi connectivity index (χ3n) is 0. The van der Waals surface area contributed by atoms with Crippen LogP contribution < -0.4 is 206 Å². The second kappa shape index (κ2) is 9970. The van der Waals surface area contributed by atoms with Crippen molar-refractivity contribution >= 4 is 0 Å². The Bertz CT molecular complexity index is 533. The van der Waals surface area contributed by atoms with Gasteiger partial charge < -0.3 is 284 Å². The van der Waals surface area contributed by atoms with Crippen molar-refractivity contribution in [2.24, 2.45) is 0 Å². The molecule has 0 N–H and O–H groups in total. The van der Waals surface area contributed by atoms with Crippen LogP contribution in [0.3, 0.4) is 0 Å². The molecule has 0 aliphatic heterocycles. The van der Waals surface area contributed by atoms with Crippen LogP contribution in [0.25, 0.3) is 0 Å². The maximum Gasteiger partial charge on any atom is 3.00 e. The molecule has 0 aromatic heterocycles. The Kier molecular flexibility index (Phi) is 59300. The van der Waals surface area contributed by atoms with Crippen LogP contribution in [-0.2, 0) is 68.3 Å². The first-order valence-corrected chi connectivity index (χ1v) is 5.37. The molecule has 0 saturated heterocycles. The van der Waals surface area contributed by atoms with Crippen molar-refractivity contribution in [2.75, 3.05) is 0 Å². The topological polar surface area (TPSA) is 571 Å². The molecule has 0 aromatic carbocycles. The fourth-order valence-corrected chi connectivity index (χ4v) is 0. The summed E-state index contributed by atoms with van der Waals surface area (Å²) in [5, 5.41) is 150. The molecule has 0 amide bonds. The SMILES string of the molecule is [C-]#N.[C-]#N.[C-]#N.[C-]#N.[C-]#N.[C-]#N.[C-]#N.[C-]#N.[C-]#N.[C-]#N.[C-]#N.[C-]#N.[C-]#N.[C-]#N.[C-]#N.[C-]#N.[C-]#N.[C-]#N.[C-]#N.[C-]#N.[C-]#N.[C-]#N.[C-]#N.[C-]#N.[Fe+3].[Fe+3].[Fe+3].[Fe+3].[K+].[K+].[K+].[K+]. The van der Waals surface area contributed by atoms with Crippen LogP contribution in [0.5, 0.6) is 0 Å². The zero-order valence-electron chi connectivity index (χ0n) is 28.1. The van der Waals surface area contributed by atoms with E-state index in [4.69, 9.17) is 284 Å². The molecule has 0 heterocycles. The van der Waals surface area contributed by atoms with Crippen molar-refractivity contribution < 1.29 is 274 Å². The van der Waals surface area contributed by atoms with E-state index in [0.29, 0.717) is 0 Å². The summed E-state index contributed by atoms with van der Waals surface area (Å²) in [6, 6.07) is 0. The second-order valence-electron chi connectivity index (χ2n) is 0. The first-order chi connectivity index (χ1) is 24.0. The molecule has 0 rings (SSSR count). The fourth-order valence-electron chi connectivity index (χ4n) is 0. The maximum atomic E-state index is 6.25. The fraction of sp³-hybridized carbons (Fsp3) is 0. The van der Waals surface area contributed by atoms with Gasteiger partial charge in [0.25, 0.3) is 0 Å². The number of nitrogens with zero attached hydrogens (tertiary/aromatic N) is 24. The summed E-state index contributed by atoms with van der Waals surface area (Å²) in [7, 11) is 0. The molecule has 0 saturated carbocycles. The molecule has 32 heteroatoms. The Hall–Kier alpha value is -3.62. The van der Waals surface area contributed by atoms with Gasteiger partial charge in [-0.3, -0.25) is 0 Å². The molecule has 0 fully saturated rings. The Morgan fingerprint density at radius 3 is 0.0893 bits per heavy atom. The van der Waals surface area contributed by atoms with E-state index in [1.807, 2.05) is 0 Å². The smallest absolute Gasteiger partial charge is 0.512 e. The van der Waals surface area contributed by atoms with Crippen LogP contribution in [0.1, 0.15) is 0 Å². The normalized spacial score (nSPS) is 0.857. The molecule has 0 atom stereocenters. The van der Waals surface area contributed by atoms with Crippen LogP contribution in [0.15, 0.2) is 0 Å². The largest absolute Gasteiger partial charge is 3.00 e. The number of rotatable bonds is 0. The number of hydrogen-bond donors (Lipinski definition) is 0. The van der Waals surface area contributed by atoms with Crippen LogP contribution in [0.2, 0.25) is 0 Å². The minimum Gasteiger partial charge on any atom is -0.512 e. The van der Waals surface area contributed by atoms with Crippen molar-refractivity contribution in [3.8, 4) is 0 Å². The van der Waals surface area contributed by atoms with Crippen molar-refractivity contribution in [3.63, 3.8) is 0 Å². The van der Waals surface area contributed by atoms with Gasteiger partial charge in [-0.1, -0.05) is 0 Å². The van der Waals surface area contributed by atoms with E-state index in [0.717, 1.165) is 0 Å². The van der Waals surface area contributed by atoms with Crippen LogP contribution >= 0.6 is 0 Å². The summed E-state index contributed by atoms with van der Waals surface area (Å²) in [5.41, 5.74) is 0. The second-order valence-corrected chi connectivity index (χ2v) is 0. The van der Waals surface area contributed by atoms with Crippen LogP contribution in [0, 0.1) is 284 Å². The average molecular weight is 1000 g/mol. The zero-order chi connectivity index (χ0) is 48.0. The Balaban J connectivity index is -0.00000000356. The third-order valence-corrected chi connectivity index (χ3v) is 0. The van der Waals surface area contributed by atoms with E-state index in [1.165, 1.54) is 0 Å². The molecule has 4 radical (unpaired) electrons. The molecule has 0 spiro atoms. The quantitative estimate of drug-likeness (QED) is 0.161. The Morgan fingerprint density at radius 2 is 0.0893 bits per heavy atom. The average Bonchev–Trinajstić information content (AvgIpc) is 3.34. The van der Waals surface area contributed by atoms with Gasteiger partial charge in [0.2, 0.25) is 0 Å². The minimum atomic E-state index is 0. The van der Waals surface area contributed by atoms with Gasteiger partial charge in [0.1, 0.15) is 0 Å². The van der Waals surface area contributed by atoms with Crippen LogP contribution in [0.4, 0.5) is 0 Å². The molecule has 24 nitrogen and oxygen atoms in total. The molecule has 0 aliphatic carbocycles. The predicted octanol–water partition coefficient (Wildman–Crippen LogP) is -9.68. The Morgan fingerprint density at radius 1 is 0.0893 bits per heavy atom. The molecular formula is C24Fe4K4N24-8. The van der Waals surface area contributed by atoms with E-state index < -0.39 is 0 Å².